The van der Waals surface area contributed by atoms with Crippen molar-refractivity contribution < 1.29 is 0 Å². The first kappa shape index (κ1) is 13.8. The Kier molecular flexibility index (Phi) is 3.49. The lowest BCUT2D eigenvalue weighted by atomic mass is 10.0. The van der Waals surface area contributed by atoms with Gasteiger partial charge in [0.05, 0.1) is 6.04 Å². The molecule has 5 nitrogen and oxygen atoms in total. The van der Waals surface area contributed by atoms with Gasteiger partial charge in [0.2, 0.25) is 11.9 Å². The van der Waals surface area contributed by atoms with E-state index in [9.17, 15) is 0 Å². The fourth-order valence-corrected chi connectivity index (χ4v) is 2.98. The van der Waals surface area contributed by atoms with Gasteiger partial charge in [-0.05, 0) is 30.4 Å². The van der Waals surface area contributed by atoms with Crippen LogP contribution in [0.4, 0.5) is 11.9 Å². The molecule has 0 aliphatic heterocycles. The largest absolute Gasteiger partial charge is 0.368 e. The average molecular weight is 283 g/mol. The second kappa shape index (κ2) is 5.31. The van der Waals surface area contributed by atoms with Crippen molar-refractivity contribution in [2.45, 2.75) is 39.7 Å². The van der Waals surface area contributed by atoms with E-state index < -0.39 is 0 Å². The zero-order valence-corrected chi connectivity index (χ0v) is 12.7. The fourth-order valence-electron chi connectivity index (χ4n) is 2.98. The summed E-state index contributed by atoms with van der Waals surface area (Å²) in [5.41, 5.74) is 9.79. The lowest BCUT2D eigenvalue weighted by molar-refractivity contribution is 0.538. The molecule has 3 N–H and O–H groups in total. The Morgan fingerprint density at radius 2 is 2.10 bits per heavy atom. The number of aromatic nitrogens is 3. The monoisotopic (exact) mass is 283 g/mol. The van der Waals surface area contributed by atoms with E-state index in [1.54, 1.807) is 0 Å². The van der Waals surface area contributed by atoms with Gasteiger partial charge in [-0.1, -0.05) is 37.6 Å². The Morgan fingerprint density at radius 1 is 1.29 bits per heavy atom. The molecule has 0 spiro atoms. The molecule has 5 heteroatoms. The van der Waals surface area contributed by atoms with Crippen molar-refractivity contribution in [1.29, 1.82) is 0 Å². The summed E-state index contributed by atoms with van der Waals surface area (Å²) >= 11 is 0. The molecule has 0 saturated carbocycles. The van der Waals surface area contributed by atoms with E-state index in [1.165, 1.54) is 16.7 Å². The number of nitrogens with one attached hydrogen (secondary N) is 1. The van der Waals surface area contributed by atoms with Gasteiger partial charge in [0, 0.05) is 6.42 Å². The Balaban J connectivity index is 1.92. The number of anilines is 2. The van der Waals surface area contributed by atoms with Crippen molar-refractivity contribution in [2.75, 3.05) is 11.1 Å². The predicted molar refractivity (Wildman–Crippen MR) is 84.0 cm³/mol. The van der Waals surface area contributed by atoms with Crippen LogP contribution in [-0.4, -0.2) is 15.0 Å². The van der Waals surface area contributed by atoms with Crippen LogP contribution in [0.1, 0.15) is 42.4 Å². The van der Waals surface area contributed by atoms with Gasteiger partial charge in [-0.3, -0.25) is 0 Å². The number of benzene rings is 1. The summed E-state index contributed by atoms with van der Waals surface area (Å²) in [6.45, 7) is 6.38. The maximum absolute atomic E-state index is 5.76. The van der Waals surface area contributed by atoms with E-state index in [0.29, 0.717) is 11.9 Å². The standard InChI is InChI=1S/C16H21N5/c1-4-13-18-15(17)21-16(19-13)20-14-10(3)8-11-6-5-9(2)7-12(11)14/h5-7,10,14H,4,8H2,1-3H3,(H3,17,18,19,20,21)/t10-,14+/m0/s1. The molecule has 0 unspecified atom stereocenters. The number of fused-ring (bicyclic) bond motifs is 1. The molecule has 110 valence electrons. The van der Waals surface area contributed by atoms with E-state index in [-0.39, 0.29) is 12.0 Å². The summed E-state index contributed by atoms with van der Waals surface area (Å²) in [5.74, 6) is 2.08. The highest BCUT2D eigenvalue weighted by Crippen LogP contribution is 2.38. The Hall–Kier alpha value is -2.17. The molecule has 0 saturated heterocycles. The summed E-state index contributed by atoms with van der Waals surface area (Å²) in [4.78, 5) is 12.8. The summed E-state index contributed by atoms with van der Waals surface area (Å²) in [6, 6.07) is 6.87. The minimum atomic E-state index is 0.228. The Labute approximate surface area is 125 Å². The zero-order valence-electron chi connectivity index (χ0n) is 12.7. The van der Waals surface area contributed by atoms with E-state index >= 15 is 0 Å². The Morgan fingerprint density at radius 3 is 2.86 bits per heavy atom. The van der Waals surface area contributed by atoms with Gasteiger partial charge in [-0.25, -0.2) is 0 Å². The van der Waals surface area contributed by atoms with Crippen molar-refractivity contribution in [2.24, 2.45) is 5.92 Å². The molecular weight excluding hydrogens is 262 g/mol. The number of aryl methyl sites for hydroxylation is 2. The van der Waals surface area contributed by atoms with Crippen LogP contribution >= 0.6 is 0 Å². The predicted octanol–water partition coefficient (Wildman–Crippen LogP) is 2.67. The molecule has 0 fully saturated rings. The van der Waals surface area contributed by atoms with Crippen LogP contribution in [0.25, 0.3) is 0 Å². The number of nitrogen functional groups attached to an aromatic ring is 1. The smallest absolute Gasteiger partial charge is 0.228 e. The van der Waals surface area contributed by atoms with Gasteiger partial charge in [0.25, 0.3) is 0 Å². The van der Waals surface area contributed by atoms with E-state index in [2.05, 4.69) is 52.3 Å². The first-order valence-electron chi connectivity index (χ1n) is 7.43. The van der Waals surface area contributed by atoms with Crippen molar-refractivity contribution >= 4 is 11.9 Å². The maximum atomic E-state index is 5.76. The molecule has 0 radical (unpaired) electrons. The highest BCUT2D eigenvalue weighted by molar-refractivity contribution is 5.44. The summed E-state index contributed by atoms with van der Waals surface area (Å²) in [7, 11) is 0. The van der Waals surface area contributed by atoms with Gasteiger partial charge < -0.3 is 11.1 Å². The van der Waals surface area contributed by atoms with Gasteiger partial charge in [-0.2, -0.15) is 15.0 Å². The molecule has 3 rings (SSSR count). The van der Waals surface area contributed by atoms with E-state index in [1.807, 2.05) is 6.92 Å². The van der Waals surface area contributed by atoms with Crippen LogP contribution in [0, 0.1) is 12.8 Å². The fraction of sp³-hybridized carbons (Fsp3) is 0.438. The highest BCUT2D eigenvalue weighted by atomic mass is 15.2. The lowest BCUT2D eigenvalue weighted by Gasteiger charge is -2.19. The number of rotatable bonds is 3. The number of nitrogens with zero attached hydrogens (tertiary/aromatic N) is 3. The SMILES string of the molecule is CCc1nc(N)nc(N[C@H]2c3cc(C)ccc3C[C@@H]2C)n1. The molecule has 1 aliphatic carbocycles. The minimum absolute atomic E-state index is 0.228. The lowest BCUT2D eigenvalue weighted by Crippen LogP contribution is -2.17. The Bertz CT molecular complexity index is 668. The van der Waals surface area contributed by atoms with Gasteiger partial charge >= 0.3 is 0 Å². The number of hydrogen-bond acceptors (Lipinski definition) is 5. The highest BCUT2D eigenvalue weighted by Gasteiger charge is 2.30. The molecule has 1 heterocycles. The molecular formula is C16H21N5. The molecule has 0 amide bonds. The molecule has 1 aliphatic rings. The third-order valence-electron chi connectivity index (χ3n) is 4.05. The first-order valence-corrected chi connectivity index (χ1v) is 7.43. The molecule has 0 bridgehead atoms. The van der Waals surface area contributed by atoms with E-state index in [0.717, 1.165) is 18.7 Å². The second-order valence-corrected chi connectivity index (χ2v) is 5.79. The molecule has 21 heavy (non-hydrogen) atoms. The van der Waals surface area contributed by atoms with Crippen molar-refractivity contribution in [3.8, 4) is 0 Å². The number of nitrogens with two attached hydrogens (primary N) is 1. The topological polar surface area (TPSA) is 76.7 Å². The second-order valence-electron chi connectivity index (χ2n) is 5.79. The molecule has 1 aromatic carbocycles. The molecule has 2 aromatic rings. The normalized spacial score (nSPS) is 20.3. The van der Waals surface area contributed by atoms with Crippen LogP contribution in [0.5, 0.6) is 0 Å². The van der Waals surface area contributed by atoms with Crippen molar-refractivity contribution in [3.63, 3.8) is 0 Å². The van der Waals surface area contributed by atoms with Crippen LogP contribution in [0.3, 0.4) is 0 Å². The van der Waals surface area contributed by atoms with Crippen LogP contribution < -0.4 is 11.1 Å². The van der Waals surface area contributed by atoms with Crippen LogP contribution in [-0.2, 0) is 12.8 Å². The first-order chi connectivity index (χ1) is 10.1. The quantitative estimate of drug-likeness (QED) is 0.905. The average Bonchev–Trinajstić information content (AvgIpc) is 2.74. The third kappa shape index (κ3) is 2.68. The summed E-state index contributed by atoms with van der Waals surface area (Å²) in [5, 5.41) is 3.45. The summed E-state index contributed by atoms with van der Waals surface area (Å²) in [6.07, 6.45) is 1.83. The number of hydrogen-bond donors (Lipinski definition) is 2. The molecule has 2 atom stereocenters. The minimum Gasteiger partial charge on any atom is -0.368 e. The molecule has 1 aromatic heterocycles. The van der Waals surface area contributed by atoms with Gasteiger partial charge in [-0.15, -0.1) is 0 Å². The van der Waals surface area contributed by atoms with Gasteiger partial charge in [0.15, 0.2) is 0 Å². The maximum Gasteiger partial charge on any atom is 0.228 e. The van der Waals surface area contributed by atoms with Crippen LogP contribution in [0.2, 0.25) is 0 Å². The van der Waals surface area contributed by atoms with Crippen molar-refractivity contribution in [3.05, 3.63) is 40.7 Å². The van der Waals surface area contributed by atoms with Crippen LogP contribution in [0.15, 0.2) is 18.2 Å². The summed E-state index contributed by atoms with van der Waals surface area (Å²) < 4.78 is 0. The van der Waals surface area contributed by atoms with Gasteiger partial charge in [0.1, 0.15) is 5.82 Å². The third-order valence-corrected chi connectivity index (χ3v) is 4.05. The van der Waals surface area contributed by atoms with Crippen molar-refractivity contribution in [1.82, 2.24) is 15.0 Å². The van der Waals surface area contributed by atoms with E-state index in [4.69, 9.17) is 5.73 Å². The zero-order chi connectivity index (χ0) is 15.0.